The van der Waals surface area contributed by atoms with Crippen LogP contribution in [0.25, 0.3) is 0 Å². The largest absolute Gasteiger partial charge is 0.508 e. The molecule has 0 spiro atoms. The second-order valence-corrected chi connectivity index (χ2v) is 9.81. The average molecular weight is 364 g/mol. The second-order valence-electron chi connectivity index (χ2n) is 9.81. The fourth-order valence-electron chi connectivity index (χ4n) is 7.30. The van der Waals surface area contributed by atoms with Crippen LogP contribution < -0.4 is 0 Å². The number of fused-ring (bicyclic) bond motifs is 5. The third-order valence-corrected chi connectivity index (χ3v) is 8.80. The smallest absolute Gasteiger partial charge is 0.450 e. The normalized spacial score (nSPS) is 53.1. The molecule has 0 bridgehead atoms. The van der Waals surface area contributed by atoms with Crippen molar-refractivity contribution in [1.82, 2.24) is 0 Å². The number of hydrogen-bond acceptors (Lipinski definition) is 4. The Hall–Kier alpha value is -1.07. The first kappa shape index (κ1) is 18.3. The third kappa shape index (κ3) is 2.26. The van der Waals surface area contributed by atoms with Gasteiger partial charge in [-0.05, 0) is 68.1 Å². The summed E-state index contributed by atoms with van der Waals surface area (Å²) < 4.78 is 5.13. The fraction of sp³-hybridized carbons (Fsp3) is 0.857. The molecule has 0 aromatic carbocycles. The monoisotopic (exact) mass is 364 g/mol. The van der Waals surface area contributed by atoms with Crippen LogP contribution in [0.5, 0.6) is 0 Å². The van der Waals surface area contributed by atoms with Gasteiger partial charge in [-0.15, -0.1) is 0 Å². The Morgan fingerprint density at radius 1 is 1.23 bits per heavy atom. The molecule has 5 nitrogen and oxygen atoms in total. The zero-order chi connectivity index (χ0) is 18.9. The van der Waals surface area contributed by atoms with Crippen LogP contribution in [0, 0.1) is 34.5 Å². The standard InChI is InChI=1S/C21H32O5/c1-12-10-17-15-5-4-13-11-14(22)6-8-19(13,2)16(15)7-9-20(17,3)21(12,25)26-18(23)24/h4,12,14-17,22,25H,5-11H2,1-3H3,(H,23,24)/t12-,14+,15-,16+,17+,19+,20+,21+/m1/s1. The number of allylic oxidation sites excluding steroid dienone is 1. The molecular weight excluding hydrogens is 332 g/mol. The highest BCUT2D eigenvalue weighted by Crippen LogP contribution is 2.68. The summed E-state index contributed by atoms with van der Waals surface area (Å²) >= 11 is 0. The molecule has 0 unspecified atom stereocenters. The summed E-state index contributed by atoms with van der Waals surface area (Å²) in [5.41, 5.74) is 1.03. The maximum atomic E-state index is 11.3. The minimum absolute atomic E-state index is 0.140. The Kier molecular flexibility index (Phi) is 4.02. The van der Waals surface area contributed by atoms with Crippen molar-refractivity contribution in [2.45, 2.75) is 77.6 Å². The van der Waals surface area contributed by atoms with E-state index in [0.717, 1.165) is 44.9 Å². The van der Waals surface area contributed by atoms with Crippen molar-refractivity contribution in [1.29, 1.82) is 0 Å². The van der Waals surface area contributed by atoms with Gasteiger partial charge in [-0.3, -0.25) is 0 Å². The number of carbonyl (C=O) groups is 1. The molecule has 146 valence electrons. The minimum Gasteiger partial charge on any atom is -0.450 e. The lowest BCUT2D eigenvalue weighted by molar-refractivity contribution is -0.267. The van der Waals surface area contributed by atoms with Gasteiger partial charge in [-0.1, -0.05) is 32.4 Å². The van der Waals surface area contributed by atoms with Gasteiger partial charge in [-0.2, -0.15) is 0 Å². The van der Waals surface area contributed by atoms with E-state index in [-0.39, 0.29) is 23.4 Å². The first-order valence-electron chi connectivity index (χ1n) is 10.1. The molecule has 0 aliphatic heterocycles. The van der Waals surface area contributed by atoms with E-state index in [1.54, 1.807) is 0 Å². The molecule has 4 aliphatic carbocycles. The third-order valence-electron chi connectivity index (χ3n) is 8.80. The average Bonchev–Trinajstić information content (AvgIpc) is 2.75. The van der Waals surface area contributed by atoms with Crippen molar-refractivity contribution in [2.75, 3.05) is 0 Å². The van der Waals surface area contributed by atoms with Crippen LogP contribution in [0.15, 0.2) is 11.6 Å². The van der Waals surface area contributed by atoms with Crippen LogP contribution in [0.1, 0.15) is 65.7 Å². The number of aliphatic hydroxyl groups excluding tert-OH is 1. The van der Waals surface area contributed by atoms with Gasteiger partial charge in [0.05, 0.1) is 6.10 Å². The van der Waals surface area contributed by atoms with Crippen LogP contribution >= 0.6 is 0 Å². The lowest BCUT2D eigenvalue weighted by atomic mass is 9.47. The molecule has 0 heterocycles. The topological polar surface area (TPSA) is 87.0 Å². The molecule has 5 heteroatoms. The highest BCUT2D eigenvalue weighted by Gasteiger charge is 2.68. The lowest BCUT2D eigenvalue weighted by Gasteiger charge is -2.58. The van der Waals surface area contributed by atoms with Crippen LogP contribution in [0.2, 0.25) is 0 Å². The summed E-state index contributed by atoms with van der Waals surface area (Å²) in [4.78, 5) is 11.3. The SMILES string of the molecule is C[C@@H]1C[C@H]2[C@@H]3CC=C4C[C@@H](O)CC[C@]4(C)[C@H]3CC[C@]2(C)[C@@]1(O)OC(=O)O. The Labute approximate surface area is 155 Å². The van der Waals surface area contributed by atoms with Gasteiger partial charge in [0, 0.05) is 11.3 Å². The van der Waals surface area contributed by atoms with Gasteiger partial charge >= 0.3 is 6.16 Å². The Bertz CT molecular complexity index is 644. The number of hydrogen-bond donors (Lipinski definition) is 3. The molecule has 26 heavy (non-hydrogen) atoms. The highest BCUT2D eigenvalue weighted by molar-refractivity contribution is 5.57. The Balaban J connectivity index is 1.68. The van der Waals surface area contributed by atoms with Crippen molar-refractivity contribution in [2.24, 2.45) is 34.5 Å². The number of aliphatic hydroxyl groups is 2. The van der Waals surface area contributed by atoms with Crippen LogP contribution in [0.3, 0.4) is 0 Å². The van der Waals surface area contributed by atoms with Crippen molar-refractivity contribution >= 4 is 6.16 Å². The zero-order valence-electron chi connectivity index (χ0n) is 16.1. The van der Waals surface area contributed by atoms with Crippen molar-refractivity contribution < 1.29 is 24.9 Å². The molecule has 4 rings (SSSR count). The minimum atomic E-state index is -1.60. The van der Waals surface area contributed by atoms with Gasteiger partial charge in [0.25, 0.3) is 0 Å². The van der Waals surface area contributed by atoms with E-state index in [1.165, 1.54) is 5.57 Å². The van der Waals surface area contributed by atoms with Gasteiger partial charge in [0.1, 0.15) is 0 Å². The molecule has 3 fully saturated rings. The van der Waals surface area contributed by atoms with Gasteiger partial charge in [0.15, 0.2) is 0 Å². The fourth-order valence-corrected chi connectivity index (χ4v) is 7.30. The molecule has 3 N–H and O–H groups in total. The van der Waals surface area contributed by atoms with E-state index in [9.17, 15) is 20.1 Å². The highest BCUT2D eigenvalue weighted by atomic mass is 16.7. The van der Waals surface area contributed by atoms with E-state index in [1.807, 2.05) is 13.8 Å². The van der Waals surface area contributed by atoms with Gasteiger partial charge < -0.3 is 20.1 Å². The number of rotatable bonds is 1. The molecule has 0 saturated heterocycles. The first-order valence-corrected chi connectivity index (χ1v) is 10.1. The van der Waals surface area contributed by atoms with E-state index in [0.29, 0.717) is 11.8 Å². The van der Waals surface area contributed by atoms with E-state index < -0.39 is 17.4 Å². The summed E-state index contributed by atoms with van der Waals surface area (Å²) in [6, 6.07) is 0. The number of ether oxygens (including phenoxy) is 1. The molecule has 0 aromatic rings. The van der Waals surface area contributed by atoms with Crippen LogP contribution in [-0.2, 0) is 4.74 Å². The summed E-state index contributed by atoms with van der Waals surface area (Å²) in [6.45, 7) is 6.32. The second kappa shape index (κ2) is 5.71. The van der Waals surface area contributed by atoms with E-state index >= 15 is 0 Å². The summed E-state index contributed by atoms with van der Waals surface area (Å²) in [7, 11) is 0. The predicted octanol–water partition coefficient (Wildman–Crippen LogP) is 3.94. The zero-order valence-corrected chi connectivity index (χ0v) is 16.1. The van der Waals surface area contributed by atoms with Crippen LogP contribution in [-0.4, -0.2) is 33.4 Å². The van der Waals surface area contributed by atoms with E-state index in [2.05, 4.69) is 13.0 Å². The van der Waals surface area contributed by atoms with Crippen molar-refractivity contribution in [3.63, 3.8) is 0 Å². The predicted molar refractivity (Wildman–Crippen MR) is 96.3 cm³/mol. The Morgan fingerprint density at radius 2 is 1.96 bits per heavy atom. The molecule has 3 saturated carbocycles. The molecule has 4 aliphatic rings. The Morgan fingerprint density at radius 3 is 2.65 bits per heavy atom. The number of carboxylic acid groups (broad SMARTS) is 1. The van der Waals surface area contributed by atoms with Crippen molar-refractivity contribution in [3.8, 4) is 0 Å². The molecular formula is C21H32O5. The maximum absolute atomic E-state index is 11.3. The van der Waals surface area contributed by atoms with Gasteiger partial charge in [0.2, 0.25) is 5.79 Å². The van der Waals surface area contributed by atoms with Gasteiger partial charge in [-0.25, -0.2) is 4.79 Å². The van der Waals surface area contributed by atoms with Crippen molar-refractivity contribution in [3.05, 3.63) is 11.6 Å². The molecule has 8 atom stereocenters. The van der Waals surface area contributed by atoms with E-state index in [4.69, 9.17) is 4.74 Å². The summed E-state index contributed by atoms with van der Waals surface area (Å²) in [5.74, 6) is -0.526. The summed E-state index contributed by atoms with van der Waals surface area (Å²) in [5, 5.41) is 30.5. The lowest BCUT2D eigenvalue weighted by Crippen LogP contribution is -2.57. The quantitative estimate of drug-likeness (QED) is 0.373. The summed E-state index contributed by atoms with van der Waals surface area (Å²) in [6.07, 6.45) is 6.99. The van der Waals surface area contributed by atoms with Crippen LogP contribution in [0.4, 0.5) is 4.79 Å². The molecule has 0 radical (unpaired) electrons. The molecule has 0 amide bonds. The molecule has 0 aromatic heterocycles. The maximum Gasteiger partial charge on any atom is 0.508 e. The first-order chi connectivity index (χ1) is 12.1.